The van der Waals surface area contributed by atoms with Crippen LogP contribution in [0.4, 0.5) is 0 Å². The van der Waals surface area contributed by atoms with Crippen molar-refractivity contribution in [1.29, 1.82) is 0 Å². The standard InChI is InChI=1S/C7H14N2O/c1-2-7(6(8)10)4-3-5-9-7/h9H,2-5H2,1H3,(H2,8,10). The number of hydrogen-bond acceptors (Lipinski definition) is 2. The first-order chi connectivity index (χ1) is 4.71. The van der Waals surface area contributed by atoms with Crippen LogP contribution in [0.15, 0.2) is 0 Å². The van der Waals surface area contributed by atoms with Gasteiger partial charge in [0.1, 0.15) is 0 Å². The molecule has 0 saturated carbocycles. The minimum absolute atomic E-state index is 0.201. The van der Waals surface area contributed by atoms with Gasteiger partial charge in [0.05, 0.1) is 5.54 Å². The first kappa shape index (κ1) is 7.54. The second-order valence-corrected chi connectivity index (χ2v) is 2.83. The van der Waals surface area contributed by atoms with Crippen LogP contribution in [0.25, 0.3) is 0 Å². The summed E-state index contributed by atoms with van der Waals surface area (Å²) in [5.74, 6) is -0.201. The van der Waals surface area contributed by atoms with Crippen molar-refractivity contribution >= 4 is 5.91 Å². The van der Waals surface area contributed by atoms with E-state index in [1.54, 1.807) is 0 Å². The molecule has 10 heavy (non-hydrogen) atoms. The molecule has 58 valence electrons. The molecule has 1 amide bonds. The predicted molar refractivity (Wildman–Crippen MR) is 39.5 cm³/mol. The SMILES string of the molecule is CCC1(C(N)=O)CCCN1. The Balaban J connectivity index is 2.67. The highest BCUT2D eigenvalue weighted by atomic mass is 16.1. The highest BCUT2D eigenvalue weighted by molar-refractivity contribution is 5.84. The van der Waals surface area contributed by atoms with Gasteiger partial charge in [-0.3, -0.25) is 4.79 Å². The van der Waals surface area contributed by atoms with Crippen molar-refractivity contribution in [2.45, 2.75) is 31.7 Å². The lowest BCUT2D eigenvalue weighted by atomic mass is 9.94. The summed E-state index contributed by atoms with van der Waals surface area (Å²) in [5, 5.41) is 3.14. The molecule has 0 aromatic carbocycles. The molecule has 0 bridgehead atoms. The van der Waals surface area contributed by atoms with Gasteiger partial charge in [0.2, 0.25) is 5.91 Å². The van der Waals surface area contributed by atoms with E-state index in [-0.39, 0.29) is 11.4 Å². The summed E-state index contributed by atoms with van der Waals surface area (Å²) >= 11 is 0. The van der Waals surface area contributed by atoms with Crippen LogP contribution in [0.3, 0.4) is 0 Å². The lowest BCUT2D eigenvalue weighted by molar-refractivity contribution is -0.123. The molecule has 1 saturated heterocycles. The van der Waals surface area contributed by atoms with Crippen molar-refractivity contribution in [1.82, 2.24) is 5.32 Å². The summed E-state index contributed by atoms with van der Waals surface area (Å²) in [7, 11) is 0. The Morgan fingerprint density at radius 2 is 2.50 bits per heavy atom. The van der Waals surface area contributed by atoms with Crippen LogP contribution in [0.2, 0.25) is 0 Å². The molecule has 1 heterocycles. The van der Waals surface area contributed by atoms with E-state index in [4.69, 9.17) is 5.73 Å². The number of carbonyl (C=O) groups is 1. The van der Waals surface area contributed by atoms with Crippen molar-refractivity contribution in [2.75, 3.05) is 6.54 Å². The molecule has 0 spiro atoms. The fraction of sp³-hybridized carbons (Fsp3) is 0.857. The van der Waals surface area contributed by atoms with Crippen LogP contribution in [-0.2, 0) is 4.79 Å². The zero-order valence-electron chi connectivity index (χ0n) is 6.31. The molecular weight excluding hydrogens is 128 g/mol. The van der Waals surface area contributed by atoms with Crippen molar-refractivity contribution in [3.05, 3.63) is 0 Å². The average molecular weight is 142 g/mol. The fourth-order valence-electron chi connectivity index (χ4n) is 1.49. The second-order valence-electron chi connectivity index (χ2n) is 2.83. The van der Waals surface area contributed by atoms with Gasteiger partial charge in [-0.1, -0.05) is 6.92 Å². The van der Waals surface area contributed by atoms with Gasteiger partial charge in [-0.25, -0.2) is 0 Å². The molecule has 0 aromatic heterocycles. The second kappa shape index (κ2) is 2.58. The van der Waals surface area contributed by atoms with E-state index < -0.39 is 0 Å². The van der Waals surface area contributed by atoms with Crippen LogP contribution in [0, 0.1) is 0 Å². The number of rotatable bonds is 2. The maximum atomic E-state index is 10.9. The number of carbonyl (C=O) groups excluding carboxylic acids is 1. The summed E-state index contributed by atoms with van der Waals surface area (Å²) in [4.78, 5) is 10.9. The molecule has 0 aromatic rings. The van der Waals surface area contributed by atoms with Crippen LogP contribution >= 0.6 is 0 Å². The molecule has 1 fully saturated rings. The van der Waals surface area contributed by atoms with E-state index in [0.29, 0.717) is 0 Å². The van der Waals surface area contributed by atoms with Crippen molar-refractivity contribution < 1.29 is 4.79 Å². The summed E-state index contributed by atoms with van der Waals surface area (Å²) in [6.07, 6.45) is 2.78. The van der Waals surface area contributed by atoms with Gasteiger partial charge in [0, 0.05) is 0 Å². The van der Waals surface area contributed by atoms with Crippen molar-refractivity contribution in [3.8, 4) is 0 Å². The third kappa shape index (κ3) is 1.01. The lowest BCUT2D eigenvalue weighted by Gasteiger charge is -2.23. The zero-order valence-corrected chi connectivity index (χ0v) is 6.31. The van der Waals surface area contributed by atoms with Crippen LogP contribution in [0.5, 0.6) is 0 Å². The lowest BCUT2D eigenvalue weighted by Crippen LogP contribution is -2.50. The monoisotopic (exact) mass is 142 g/mol. The molecule has 3 N–H and O–H groups in total. The molecule has 1 rings (SSSR count). The average Bonchev–Trinajstić information content (AvgIpc) is 2.35. The van der Waals surface area contributed by atoms with Crippen LogP contribution < -0.4 is 11.1 Å². The van der Waals surface area contributed by atoms with Gasteiger partial charge < -0.3 is 11.1 Å². The minimum atomic E-state index is -0.375. The normalized spacial score (nSPS) is 32.5. The van der Waals surface area contributed by atoms with Gasteiger partial charge in [-0.15, -0.1) is 0 Å². The largest absolute Gasteiger partial charge is 0.368 e. The van der Waals surface area contributed by atoms with Crippen molar-refractivity contribution in [2.24, 2.45) is 5.73 Å². The number of nitrogens with two attached hydrogens (primary N) is 1. The topological polar surface area (TPSA) is 55.1 Å². The smallest absolute Gasteiger partial charge is 0.237 e. The summed E-state index contributed by atoms with van der Waals surface area (Å²) in [6, 6.07) is 0. The summed E-state index contributed by atoms with van der Waals surface area (Å²) in [6.45, 7) is 2.92. The molecular formula is C7H14N2O. The highest BCUT2D eigenvalue weighted by Gasteiger charge is 2.36. The third-order valence-corrected chi connectivity index (χ3v) is 2.32. The Kier molecular flexibility index (Phi) is 1.94. The van der Waals surface area contributed by atoms with E-state index in [1.165, 1.54) is 0 Å². The van der Waals surface area contributed by atoms with E-state index in [9.17, 15) is 4.79 Å². The van der Waals surface area contributed by atoms with E-state index in [0.717, 1.165) is 25.8 Å². The van der Waals surface area contributed by atoms with Crippen LogP contribution in [-0.4, -0.2) is 18.0 Å². The Morgan fingerprint density at radius 1 is 1.80 bits per heavy atom. The number of hydrogen-bond donors (Lipinski definition) is 2. The van der Waals surface area contributed by atoms with E-state index >= 15 is 0 Å². The predicted octanol–water partition coefficient (Wildman–Crippen LogP) is 0.00390. The maximum Gasteiger partial charge on any atom is 0.237 e. The molecule has 1 aliphatic heterocycles. The Hall–Kier alpha value is -0.570. The molecule has 0 radical (unpaired) electrons. The van der Waals surface area contributed by atoms with Gasteiger partial charge in [0.15, 0.2) is 0 Å². The number of nitrogens with one attached hydrogen (secondary N) is 1. The Bertz CT molecular complexity index is 139. The van der Waals surface area contributed by atoms with Gasteiger partial charge >= 0.3 is 0 Å². The summed E-state index contributed by atoms with van der Waals surface area (Å²) < 4.78 is 0. The Labute approximate surface area is 61.0 Å². The van der Waals surface area contributed by atoms with Crippen molar-refractivity contribution in [3.63, 3.8) is 0 Å². The minimum Gasteiger partial charge on any atom is -0.368 e. The highest BCUT2D eigenvalue weighted by Crippen LogP contribution is 2.21. The van der Waals surface area contributed by atoms with Gasteiger partial charge in [-0.2, -0.15) is 0 Å². The fourth-order valence-corrected chi connectivity index (χ4v) is 1.49. The molecule has 0 aliphatic carbocycles. The molecule has 3 nitrogen and oxygen atoms in total. The third-order valence-electron chi connectivity index (χ3n) is 2.32. The first-order valence-electron chi connectivity index (χ1n) is 3.76. The van der Waals surface area contributed by atoms with Crippen LogP contribution in [0.1, 0.15) is 26.2 Å². The molecule has 1 atom stereocenters. The molecule has 1 unspecified atom stereocenters. The van der Waals surface area contributed by atoms with E-state index in [1.807, 2.05) is 6.92 Å². The van der Waals surface area contributed by atoms with Gasteiger partial charge in [0.25, 0.3) is 0 Å². The number of primary amides is 1. The molecule has 3 heteroatoms. The maximum absolute atomic E-state index is 10.9. The quantitative estimate of drug-likeness (QED) is 0.570. The number of amides is 1. The first-order valence-corrected chi connectivity index (χ1v) is 3.76. The van der Waals surface area contributed by atoms with E-state index in [2.05, 4.69) is 5.32 Å². The van der Waals surface area contributed by atoms with Gasteiger partial charge in [-0.05, 0) is 25.8 Å². The zero-order chi connectivity index (χ0) is 7.61. The summed E-state index contributed by atoms with van der Waals surface area (Å²) in [5.41, 5.74) is 4.87. The Morgan fingerprint density at radius 3 is 2.70 bits per heavy atom. The molecule has 1 aliphatic rings.